The molecule has 1 fully saturated rings. The van der Waals surface area contributed by atoms with Crippen molar-refractivity contribution in [2.75, 3.05) is 6.61 Å². The maximum Gasteiger partial charge on any atom is 0.280 e. The molecule has 5 rings (SSSR count). The van der Waals surface area contributed by atoms with Gasteiger partial charge in [0.05, 0.1) is 23.9 Å². The molecule has 1 atom stereocenters. The summed E-state index contributed by atoms with van der Waals surface area (Å²) in [5.74, 6) is -0.299. The van der Waals surface area contributed by atoms with Gasteiger partial charge in [0.1, 0.15) is 11.3 Å². The summed E-state index contributed by atoms with van der Waals surface area (Å²) in [5.41, 5.74) is 3.67. The lowest BCUT2D eigenvalue weighted by Crippen LogP contribution is -2.27. The van der Waals surface area contributed by atoms with E-state index in [2.05, 4.69) is 15.3 Å². The Labute approximate surface area is 165 Å². The fraction of sp³-hybridized carbons (Fsp3) is 0.333. The van der Waals surface area contributed by atoms with Crippen LogP contribution in [-0.4, -0.2) is 37.1 Å². The lowest BCUT2D eigenvalue weighted by Gasteiger charge is -2.12. The van der Waals surface area contributed by atoms with Gasteiger partial charge in [-0.05, 0) is 43.0 Å². The maximum atomic E-state index is 13.4. The van der Waals surface area contributed by atoms with Gasteiger partial charge >= 0.3 is 0 Å². The first-order chi connectivity index (χ1) is 14.2. The average molecular weight is 393 g/mol. The molecule has 148 valence electrons. The summed E-state index contributed by atoms with van der Waals surface area (Å²) in [6.07, 6.45) is 4.47. The fourth-order valence-corrected chi connectivity index (χ4v) is 3.94. The number of nitrogens with zero attached hydrogens (tertiary/aromatic N) is 5. The van der Waals surface area contributed by atoms with Crippen molar-refractivity contribution in [3.63, 3.8) is 0 Å². The summed E-state index contributed by atoms with van der Waals surface area (Å²) < 4.78 is 22.3. The first kappa shape index (κ1) is 17.9. The number of fused-ring (bicyclic) bond motifs is 3. The first-order valence-electron chi connectivity index (χ1n) is 9.80. The van der Waals surface area contributed by atoms with Crippen LogP contribution >= 0.6 is 0 Å². The lowest BCUT2D eigenvalue weighted by molar-refractivity contribution is 0.0963. The lowest BCUT2D eigenvalue weighted by atomic mass is 10.0. The van der Waals surface area contributed by atoms with Crippen LogP contribution in [0.3, 0.4) is 0 Å². The molecule has 0 aliphatic carbocycles. The van der Waals surface area contributed by atoms with Crippen LogP contribution in [-0.2, 0) is 17.7 Å². The average Bonchev–Trinajstić information content (AvgIpc) is 3.38. The minimum absolute atomic E-state index is 0.0586. The monoisotopic (exact) mass is 393 g/mol. The van der Waals surface area contributed by atoms with Gasteiger partial charge in [-0.2, -0.15) is 5.10 Å². The molecule has 0 saturated carbocycles. The molecular weight excluding hydrogens is 373 g/mol. The van der Waals surface area contributed by atoms with Crippen molar-refractivity contribution in [2.45, 2.75) is 38.8 Å². The number of hydrogen-bond donors (Lipinski definition) is 0. The molecule has 7 nitrogen and oxygen atoms in total. The Hall–Kier alpha value is -3.13. The van der Waals surface area contributed by atoms with Gasteiger partial charge in [0.2, 0.25) is 0 Å². The minimum Gasteiger partial charge on any atom is -0.376 e. The number of aryl methyl sites for hydroxylation is 1. The van der Waals surface area contributed by atoms with Crippen molar-refractivity contribution >= 4 is 16.7 Å². The third kappa shape index (κ3) is 3.00. The van der Waals surface area contributed by atoms with Crippen LogP contribution in [0.4, 0.5) is 4.39 Å². The Morgan fingerprint density at radius 3 is 2.76 bits per heavy atom. The predicted octanol–water partition coefficient (Wildman–Crippen LogP) is 2.99. The Morgan fingerprint density at radius 2 is 2.03 bits per heavy atom. The molecule has 8 heteroatoms. The number of halogens is 1. The van der Waals surface area contributed by atoms with Gasteiger partial charge < -0.3 is 9.30 Å². The van der Waals surface area contributed by atoms with Gasteiger partial charge in [-0.15, -0.1) is 10.2 Å². The first-order valence-corrected chi connectivity index (χ1v) is 9.80. The van der Waals surface area contributed by atoms with Crippen molar-refractivity contribution in [2.24, 2.45) is 0 Å². The number of benzene rings is 1. The molecule has 0 radical (unpaired) electrons. The van der Waals surface area contributed by atoms with Crippen LogP contribution < -0.4 is 5.56 Å². The van der Waals surface area contributed by atoms with E-state index in [1.165, 1.54) is 12.1 Å². The summed E-state index contributed by atoms with van der Waals surface area (Å²) in [6, 6.07) is 8.08. The van der Waals surface area contributed by atoms with Crippen LogP contribution in [0.25, 0.3) is 27.8 Å². The summed E-state index contributed by atoms with van der Waals surface area (Å²) in [6.45, 7) is 3.25. The molecule has 4 aromatic rings. The second kappa shape index (κ2) is 7.04. The SMILES string of the molecule is CCc1nn2c(nnc3c(=O)n(C[C@H]4CCCO4)ccc32)c1-c1ccc(F)cc1. The normalized spacial score (nSPS) is 16.8. The van der Waals surface area contributed by atoms with E-state index < -0.39 is 0 Å². The van der Waals surface area contributed by atoms with Crippen molar-refractivity contribution in [1.29, 1.82) is 0 Å². The molecule has 0 unspecified atom stereocenters. The van der Waals surface area contributed by atoms with E-state index in [0.29, 0.717) is 24.1 Å². The molecule has 1 aliphatic heterocycles. The highest BCUT2D eigenvalue weighted by molar-refractivity contribution is 5.84. The van der Waals surface area contributed by atoms with E-state index in [9.17, 15) is 9.18 Å². The van der Waals surface area contributed by atoms with Gasteiger partial charge in [-0.3, -0.25) is 4.79 Å². The van der Waals surface area contributed by atoms with Crippen LogP contribution in [0.2, 0.25) is 0 Å². The number of aromatic nitrogens is 5. The van der Waals surface area contributed by atoms with Gasteiger partial charge in [-0.25, -0.2) is 8.91 Å². The Bertz CT molecular complexity index is 1260. The molecule has 1 aliphatic rings. The van der Waals surface area contributed by atoms with Gasteiger partial charge in [-0.1, -0.05) is 19.1 Å². The third-order valence-electron chi connectivity index (χ3n) is 5.42. The minimum atomic E-state index is -0.299. The summed E-state index contributed by atoms with van der Waals surface area (Å²) in [5, 5.41) is 13.2. The molecule has 4 heterocycles. The largest absolute Gasteiger partial charge is 0.376 e. The standard InChI is InChI=1S/C21H20FN5O2/c1-2-16-18(13-5-7-14(22)8-6-13)20-24-23-19-17(27(20)25-16)9-10-26(21(19)28)12-15-4-3-11-29-15/h5-10,15H,2-4,11-12H2,1H3/t15-/m1/s1. The van der Waals surface area contributed by atoms with E-state index in [0.717, 1.165) is 36.3 Å². The molecule has 1 saturated heterocycles. The molecule has 1 aromatic carbocycles. The van der Waals surface area contributed by atoms with Gasteiger partial charge in [0.25, 0.3) is 5.56 Å². The Morgan fingerprint density at radius 1 is 1.21 bits per heavy atom. The van der Waals surface area contributed by atoms with Gasteiger partial charge in [0, 0.05) is 12.8 Å². The number of rotatable bonds is 4. The quantitative estimate of drug-likeness (QED) is 0.533. The number of pyridine rings is 1. The van der Waals surface area contributed by atoms with Crippen LogP contribution in [0.5, 0.6) is 0 Å². The number of ether oxygens (including phenoxy) is 1. The van der Waals surface area contributed by atoms with E-state index in [1.807, 2.05) is 13.0 Å². The van der Waals surface area contributed by atoms with Crippen molar-refractivity contribution in [1.82, 2.24) is 24.4 Å². The van der Waals surface area contributed by atoms with E-state index >= 15 is 0 Å². The van der Waals surface area contributed by atoms with Crippen molar-refractivity contribution < 1.29 is 9.13 Å². The highest BCUT2D eigenvalue weighted by Crippen LogP contribution is 2.29. The Kier molecular flexibility index (Phi) is 4.35. The third-order valence-corrected chi connectivity index (χ3v) is 5.42. The molecule has 0 spiro atoms. The zero-order chi connectivity index (χ0) is 20.0. The van der Waals surface area contributed by atoms with E-state index in [1.54, 1.807) is 27.4 Å². The highest BCUT2D eigenvalue weighted by Gasteiger charge is 2.20. The topological polar surface area (TPSA) is 74.3 Å². The molecule has 0 N–H and O–H groups in total. The van der Waals surface area contributed by atoms with Crippen molar-refractivity contribution in [3.05, 3.63) is 58.4 Å². The van der Waals surface area contributed by atoms with E-state index in [4.69, 9.17) is 4.74 Å². The fourth-order valence-electron chi connectivity index (χ4n) is 3.94. The molecule has 0 amide bonds. The van der Waals surface area contributed by atoms with Crippen LogP contribution in [0.15, 0.2) is 41.3 Å². The summed E-state index contributed by atoms with van der Waals surface area (Å²) in [4.78, 5) is 13.0. The van der Waals surface area contributed by atoms with Crippen LogP contribution in [0, 0.1) is 5.82 Å². The van der Waals surface area contributed by atoms with Crippen molar-refractivity contribution in [3.8, 4) is 11.1 Å². The van der Waals surface area contributed by atoms with E-state index in [-0.39, 0.29) is 23.0 Å². The zero-order valence-corrected chi connectivity index (χ0v) is 16.0. The second-order valence-corrected chi connectivity index (χ2v) is 7.26. The maximum absolute atomic E-state index is 13.4. The second-order valence-electron chi connectivity index (χ2n) is 7.26. The molecule has 29 heavy (non-hydrogen) atoms. The Balaban J connectivity index is 1.68. The summed E-state index contributed by atoms with van der Waals surface area (Å²) >= 11 is 0. The molecule has 3 aromatic heterocycles. The smallest absolute Gasteiger partial charge is 0.280 e. The summed E-state index contributed by atoms with van der Waals surface area (Å²) in [7, 11) is 0. The molecular formula is C21H20FN5O2. The van der Waals surface area contributed by atoms with Crippen LogP contribution in [0.1, 0.15) is 25.5 Å². The number of hydrogen-bond acceptors (Lipinski definition) is 5. The highest BCUT2D eigenvalue weighted by atomic mass is 19.1. The van der Waals surface area contributed by atoms with Gasteiger partial charge in [0.15, 0.2) is 11.2 Å². The predicted molar refractivity (Wildman–Crippen MR) is 106 cm³/mol. The zero-order valence-electron chi connectivity index (χ0n) is 16.0. The molecule has 0 bridgehead atoms.